The van der Waals surface area contributed by atoms with E-state index < -0.39 is 0 Å². The fourth-order valence-electron chi connectivity index (χ4n) is 2.37. The van der Waals surface area contributed by atoms with Crippen molar-refractivity contribution in [3.05, 3.63) is 65.0 Å². The molecule has 24 heavy (non-hydrogen) atoms. The minimum absolute atomic E-state index is 0.107. The normalized spacial score (nSPS) is 10.4. The zero-order valence-electron chi connectivity index (χ0n) is 13.6. The first kappa shape index (κ1) is 16.2. The van der Waals surface area contributed by atoms with Crippen LogP contribution >= 0.6 is 11.3 Å². The molecule has 2 aromatic carbocycles. The van der Waals surface area contributed by atoms with E-state index in [1.165, 1.54) is 16.9 Å². The first-order chi connectivity index (χ1) is 11.7. The quantitative estimate of drug-likeness (QED) is 0.754. The summed E-state index contributed by atoms with van der Waals surface area (Å²) in [6.45, 7) is 2.05. The Morgan fingerprint density at radius 2 is 1.92 bits per heavy atom. The van der Waals surface area contributed by atoms with Crippen LogP contribution in [0.15, 0.2) is 53.9 Å². The number of carbonyl (C=O) groups excluding carboxylic acids is 1. The molecule has 1 heterocycles. The number of aryl methyl sites for hydroxylation is 1. The second-order valence-electron chi connectivity index (χ2n) is 5.44. The maximum absolute atomic E-state index is 12.2. The summed E-state index contributed by atoms with van der Waals surface area (Å²) in [6, 6.07) is 15.7. The number of amides is 1. The number of hydrogen-bond donors (Lipinski definition) is 1. The molecule has 0 saturated heterocycles. The van der Waals surface area contributed by atoms with Crippen molar-refractivity contribution in [3.8, 4) is 17.0 Å². The van der Waals surface area contributed by atoms with Crippen molar-refractivity contribution < 1.29 is 9.53 Å². The van der Waals surface area contributed by atoms with E-state index in [4.69, 9.17) is 4.74 Å². The van der Waals surface area contributed by atoms with Gasteiger partial charge in [-0.15, -0.1) is 11.3 Å². The molecule has 4 nitrogen and oxygen atoms in total. The van der Waals surface area contributed by atoms with E-state index in [9.17, 15) is 4.79 Å². The minimum Gasteiger partial charge on any atom is -0.496 e. The molecule has 3 aromatic rings. The Bertz CT molecular complexity index is 841. The summed E-state index contributed by atoms with van der Waals surface area (Å²) in [5.41, 5.74) is 3.97. The molecule has 0 radical (unpaired) electrons. The summed E-state index contributed by atoms with van der Waals surface area (Å²) in [5, 5.41) is 5.41. The fraction of sp³-hybridized carbons (Fsp3) is 0.158. The number of thiazole rings is 1. The minimum atomic E-state index is -0.107. The molecule has 0 unspecified atom stereocenters. The van der Waals surface area contributed by atoms with Crippen LogP contribution in [0.4, 0.5) is 5.13 Å². The van der Waals surface area contributed by atoms with E-state index in [0.717, 1.165) is 16.8 Å². The third kappa shape index (κ3) is 3.81. The average Bonchev–Trinajstić information content (AvgIpc) is 3.04. The molecule has 0 aliphatic heterocycles. The Kier molecular flexibility index (Phi) is 4.91. The van der Waals surface area contributed by atoms with Gasteiger partial charge >= 0.3 is 0 Å². The van der Waals surface area contributed by atoms with Crippen LogP contribution in [0.1, 0.15) is 11.1 Å². The monoisotopic (exact) mass is 338 g/mol. The van der Waals surface area contributed by atoms with Gasteiger partial charge in [-0.25, -0.2) is 4.98 Å². The number of aromatic nitrogens is 1. The molecule has 1 amide bonds. The van der Waals surface area contributed by atoms with Crippen LogP contribution in [0.5, 0.6) is 5.75 Å². The Hall–Kier alpha value is -2.66. The summed E-state index contributed by atoms with van der Waals surface area (Å²) < 4.78 is 5.27. The fourth-order valence-corrected chi connectivity index (χ4v) is 3.11. The first-order valence-corrected chi connectivity index (χ1v) is 8.48. The van der Waals surface area contributed by atoms with Crippen molar-refractivity contribution in [1.29, 1.82) is 0 Å². The van der Waals surface area contributed by atoms with Gasteiger partial charge in [0, 0.05) is 16.5 Å². The third-order valence-electron chi connectivity index (χ3n) is 3.64. The highest BCUT2D eigenvalue weighted by Gasteiger charge is 2.11. The van der Waals surface area contributed by atoms with Gasteiger partial charge in [-0.1, -0.05) is 48.0 Å². The van der Waals surface area contributed by atoms with Gasteiger partial charge in [-0.2, -0.15) is 0 Å². The number of para-hydroxylation sites is 1. The lowest BCUT2D eigenvalue weighted by molar-refractivity contribution is -0.115. The van der Waals surface area contributed by atoms with E-state index in [-0.39, 0.29) is 12.3 Å². The van der Waals surface area contributed by atoms with Crippen LogP contribution in [-0.4, -0.2) is 18.0 Å². The zero-order valence-corrected chi connectivity index (χ0v) is 14.4. The lowest BCUT2D eigenvalue weighted by Crippen LogP contribution is -2.14. The highest BCUT2D eigenvalue weighted by Crippen LogP contribution is 2.25. The van der Waals surface area contributed by atoms with Crippen LogP contribution in [0, 0.1) is 6.92 Å². The van der Waals surface area contributed by atoms with Crippen LogP contribution in [0.3, 0.4) is 0 Å². The van der Waals surface area contributed by atoms with Crippen LogP contribution in [-0.2, 0) is 11.2 Å². The molecule has 0 bridgehead atoms. The van der Waals surface area contributed by atoms with Gasteiger partial charge in [0.15, 0.2) is 5.13 Å². The molecule has 0 spiro atoms. The number of methoxy groups -OCH3 is 1. The molecule has 0 saturated carbocycles. The second-order valence-corrected chi connectivity index (χ2v) is 6.30. The average molecular weight is 338 g/mol. The second kappa shape index (κ2) is 7.27. The molecule has 0 atom stereocenters. The molecular formula is C19H18N2O2S. The molecule has 0 aliphatic rings. The van der Waals surface area contributed by atoms with Gasteiger partial charge in [0.05, 0.1) is 19.2 Å². The van der Waals surface area contributed by atoms with Gasteiger partial charge in [0.2, 0.25) is 5.91 Å². The first-order valence-electron chi connectivity index (χ1n) is 7.60. The van der Waals surface area contributed by atoms with Crippen molar-refractivity contribution in [1.82, 2.24) is 4.98 Å². The standard InChI is InChI=1S/C19H18N2O2S/c1-13-7-9-14(10-8-13)16-12-24-19(20-16)21-18(22)11-15-5-3-4-6-17(15)23-2/h3-10,12H,11H2,1-2H3,(H,20,21,22). The Morgan fingerprint density at radius 3 is 2.67 bits per heavy atom. The van der Waals surface area contributed by atoms with E-state index in [0.29, 0.717) is 10.9 Å². The largest absolute Gasteiger partial charge is 0.496 e. The van der Waals surface area contributed by atoms with Crippen molar-refractivity contribution in [3.63, 3.8) is 0 Å². The molecule has 0 aliphatic carbocycles. The predicted molar refractivity (Wildman–Crippen MR) is 97.6 cm³/mol. The molecule has 5 heteroatoms. The Labute approximate surface area is 145 Å². The topological polar surface area (TPSA) is 51.2 Å². The lowest BCUT2D eigenvalue weighted by atomic mass is 10.1. The maximum Gasteiger partial charge on any atom is 0.230 e. The summed E-state index contributed by atoms with van der Waals surface area (Å²) in [4.78, 5) is 16.7. The molecule has 0 fully saturated rings. The van der Waals surface area contributed by atoms with E-state index in [2.05, 4.69) is 22.4 Å². The maximum atomic E-state index is 12.2. The van der Waals surface area contributed by atoms with Crippen molar-refractivity contribution in [2.45, 2.75) is 13.3 Å². The Balaban J connectivity index is 1.68. The van der Waals surface area contributed by atoms with Crippen LogP contribution in [0.25, 0.3) is 11.3 Å². The van der Waals surface area contributed by atoms with Gasteiger partial charge in [0.1, 0.15) is 5.75 Å². The number of hydrogen-bond acceptors (Lipinski definition) is 4. The number of benzene rings is 2. The molecule has 1 N–H and O–H groups in total. The van der Waals surface area contributed by atoms with Crippen molar-refractivity contribution in [2.24, 2.45) is 0 Å². The van der Waals surface area contributed by atoms with Crippen LogP contribution < -0.4 is 10.1 Å². The van der Waals surface area contributed by atoms with Crippen LogP contribution in [0.2, 0.25) is 0 Å². The third-order valence-corrected chi connectivity index (χ3v) is 4.40. The van der Waals surface area contributed by atoms with E-state index >= 15 is 0 Å². The van der Waals surface area contributed by atoms with Gasteiger partial charge in [-0.05, 0) is 13.0 Å². The van der Waals surface area contributed by atoms with Crippen molar-refractivity contribution in [2.75, 3.05) is 12.4 Å². The van der Waals surface area contributed by atoms with Crippen molar-refractivity contribution >= 4 is 22.4 Å². The number of anilines is 1. The molecule has 1 aromatic heterocycles. The zero-order chi connectivity index (χ0) is 16.9. The Morgan fingerprint density at radius 1 is 1.17 bits per heavy atom. The number of rotatable bonds is 5. The summed E-state index contributed by atoms with van der Waals surface area (Å²) in [7, 11) is 1.60. The molecular weight excluding hydrogens is 320 g/mol. The number of nitrogens with zero attached hydrogens (tertiary/aromatic N) is 1. The van der Waals surface area contributed by atoms with Gasteiger partial charge in [0.25, 0.3) is 0 Å². The number of nitrogens with one attached hydrogen (secondary N) is 1. The van der Waals surface area contributed by atoms with Gasteiger partial charge < -0.3 is 10.1 Å². The predicted octanol–water partition coefficient (Wildman–Crippen LogP) is 4.31. The number of ether oxygens (including phenoxy) is 1. The van der Waals surface area contributed by atoms with E-state index in [1.54, 1.807) is 7.11 Å². The summed E-state index contributed by atoms with van der Waals surface area (Å²) in [5.74, 6) is 0.608. The number of carbonyl (C=O) groups is 1. The van der Waals surface area contributed by atoms with E-state index in [1.807, 2.05) is 48.7 Å². The summed E-state index contributed by atoms with van der Waals surface area (Å²) in [6.07, 6.45) is 0.253. The molecule has 122 valence electrons. The highest BCUT2D eigenvalue weighted by molar-refractivity contribution is 7.14. The highest BCUT2D eigenvalue weighted by atomic mass is 32.1. The lowest BCUT2D eigenvalue weighted by Gasteiger charge is -2.07. The summed E-state index contributed by atoms with van der Waals surface area (Å²) >= 11 is 1.42. The van der Waals surface area contributed by atoms with Gasteiger partial charge in [-0.3, -0.25) is 4.79 Å². The SMILES string of the molecule is COc1ccccc1CC(=O)Nc1nc(-c2ccc(C)cc2)cs1. The molecule has 3 rings (SSSR count). The smallest absolute Gasteiger partial charge is 0.230 e.